The van der Waals surface area contributed by atoms with Crippen LogP contribution in [0, 0.1) is 11.3 Å². The molecule has 116 valence electrons. The molecule has 0 radical (unpaired) electrons. The smallest absolute Gasteiger partial charge is 0.215 e. The standard InChI is InChI=1S/C11H14ClN3O4S2/c1-2-14-20(16,17)6-5-15-21(18,19)11-7-9(8-13)3-4-10(11)12/h3-4,7,14-15H,2,5-6H2,1H3. The van der Waals surface area contributed by atoms with Crippen LogP contribution in [0.2, 0.25) is 5.02 Å². The van der Waals surface area contributed by atoms with Crippen LogP contribution in [0.1, 0.15) is 12.5 Å². The molecule has 1 aromatic rings. The van der Waals surface area contributed by atoms with Crippen molar-refractivity contribution < 1.29 is 16.8 Å². The number of hydrogen-bond donors (Lipinski definition) is 2. The summed E-state index contributed by atoms with van der Waals surface area (Å²) in [5, 5.41) is 8.72. The first-order valence-corrected chi connectivity index (χ1v) is 9.40. The third-order valence-corrected chi connectivity index (χ3v) is 5.79. The second kappa shape index (κ2) is 7.20. The molecular weight excluding hydrogens is 338 g/mol. The Kier molecular flexibility index (Phi) is 6.12. The van der Waals surface area contributed by atoms with E-state index in [0.717, 1.165) is 6.07 Å². The van der Waals surface area contributed by atoms with Gasteiger partial charge in [0.05, 0.1) is 22.4 Å². The molecule has 0 aromatic heterocycles. The van der Waals surface area contributed by atoms with E-state index in [0.29, 0.717) is 0 Å². The monoisotopic (exact) mass is 351 g/mol. The van der Waals surface area contributed by atoms with Gasteiger partial charge in [-0.1, -0.05) is 18.5 Å². The fourth-order valence-electron chi connectivity index (χ4n) is 1.46. The fourth-order valence-corrected chi connectivity index (χ4v) is 4.10. The maximum atomic E-state index is 12.0. The zero-order valence-corrected chi connectivity index (χ0v) is 13.5. The highest BCUT2D eigenvalue weighted by atomic mass is 35.5. The minimum atomic E-state index is -3.99. The molecule has 0 spiro atoms. The number of hydrogen-bond acceptors (Lipinski definition) is 5. The predicted octanol–water partition coefficient (Wildman–Crippen LogP) is 0.429. The fraction of sp³-hybridized carbons (Fsp3) is 0.364. The average Bonchev–Trinajstić information content (AvgIpc) is 2.38. The summed E-state index contributed by atoms with van der Waals surface area (Å²) in [5.41, 5.74) is 0.139. The molecule has 10 heteroatoms. The Balaban J connectivity index is 2.86. The van der Waals surface area contributed by atoms with Crippen LogP contribution in [0.15, 0.2) is 23.1 Å². The first-order valence-electron chi connectivity index (χ1n) is 5.88. The second-order valence-corrected chi connectivity index (χ2v) is 8.04. The lowest BCUT2D eigenvalue weighted by atomic mass is 10.2. The summed E-state index contributed by atoms with van der Waals surface area (Å²) in [6, 6.07) is 5.62. The van der Waals surface area contributed by atoms with Crippen molar-refractivity contribution in [3.8, 4) is 6.07 Å². The maximum absolute atomic E-state index is 12.0. The largest absolute Gasteiger partial charge is 0.242 e. The van der Waals surface area contributed by atoms with E-state index in [1.54, 1.807) is 6.92 Å². The number of halogens is 1. The Labute approximate surface area is 129 Å². The molecule has 1 aromatic carbocycles. The Hall–Kier alpha value is -1.18. The summed E-state index contributed by atoms with van der Waals surface area (Å²) in [5.74, 6) is -0.393. The molecule has 0 atom stereocenters. The Morgan fingerprint density at radius 1 is 1.24 bits per heavy atom. The van der Waals surface area contributed by atoms with Crippen LogP contribution in [0.5, 0.6) is 0 Å². The van der Waals surface area contributed by atoms with Crippen molar-refractivity contribution in [3.63, 3.8) is 0 Å². The van der Waals surface area contributed by atoms with E-state index in [2.05, 4.69) is 9.44 Å². The number of rotatable bonds is 7. The van der Waals surface area contributed by atoms with Crippen molar-refractivity contribution in [2.75, 3.05) is 18.8 Å². The molecule has 0 heterocycles. The highest BCUT2D eigenvalue weighted by Gasteiger charge is 2.19. The average molecular weight is 352 g/mol. The highest BCUT2D eigenvalue weighted by molar-refractivity contribution is 7.90. The molecule has 21 heavy (non-hydrogen) atoms. The maximum Gasteiger partial charge on any atom is 0.242 e. The minimum Gasteiger partial charge on any atom is -0.215 e. The van der Waals surface area contributed by atoms with E-state index in [4.69, 9.17) is 16.9 Å². The van der Waals surface area contributed by atoms with Crippen LogP contribution < -0.4 is 9.44 Å². The molecule has 0 bridgehead atoms. The molecule has 0 unspecified atom stereocenters. The van der Waals surface area contributed by atoms with Crippen molar-refractivity contribution >= 4 is 31.6 Å². The van der Waals surface area contributed by atoms with Crippen molar-refractivity contribution in [2.45, 2.75) is 11.8 Å². The molecular formula is C11H14ClN3O4S2. The normalized spacial score (nSPS) is 12.0. The first kappa shape index (κ1) is 17.9. The van der Waals surface area contributed by atoms with Gasteiger partial charge in [0, 0.05) is 13.1 Å². The van der Waals surface area contributed by atoms with Gasteiger partial charge in [-0.3, -0.25) is 0 Å². The number of sulfonamides is 2. The van der Waals surface area contributed by atoms with Gasteiger partial charge in [0.2, 0.25) is 20.0 Å². The summed E-state index contributed by atoms with van der Waals surface area (Å²) in [7, 11) is -7.51. The number of nitrogens with zero attached hydrogens (tertiary/aromatic N) is 1. The lowest BCUT2D eigenvalue weighted by Crippen LogP contribution is -2.34. The quantitative estimate of drug-likeness (QED) is 0.738. The number of nitrogens with one attached hydrogen (secondary N) is 2. The summed E-state index contributed by atoms with van der Waals surface area (Å²) >= 11 is 5.80. The van der Waals surface area contributed by atoms with Crippen molar-refractivity contribution in [2.24, 2.45) is 0 Å². The van der Waals surface area contributed by atoms with Crippen molar-refractivity contribution in [1.29, 1.82) is 5.26 Å². The predicted molar refractivity (Wildman–Crippen MR) is 78.8 cm³/mol. The summed E-state index contributed by atoms with van der Waals surface area (Å²) in [4.78, 5) is -0.260. The Morgan fingerprint density at radius 3 is 2.48 bits per heavy atom. The zero-order valence-electron chi connectivity index (χ0n) is 11.1. The van der Waals surface area contributed by atoms with Crippen LogP contribution in [-0.4, -0.2) is 35.7 Å². The molecule has 0 aliphatic carbocycles. The van der Waals surface area contributed by atoms with Gasteiger partial charge in [-0.15, -0.1) is 0 Å². The van der Waals surface area contributed by atoms with Gasteiger partial charge in [-0.25, -0.2) is 26.3 Å². The summed E-state index contributed by atoms with van der Waals surface area (Å²) in [6.07, 6.45) is 0. The second-order valence-electron chi connectivity index (χ2n) is 3.97. The zero-order chi connectivity index (χ0) is 16.1. The number of benzene rings is 1. The molecule has 7 nitrogen and oxygen atoms in total. The van der Waals surface area contributed by atoms with E-state index < -0.39 is 25.8 Å². The molecule has 0 aliphatic heterocycles. The van der Waals surface area contributed by atoms with E-state index in [9.17, 15) is 16.8 Å². The van der Waals surface area contributed by atoms with E-state index >= 15 is 0 Å². The van der Waals surface area contributed by atoms with E-state index in [1.807, 2.05) is 6.07 Å². The van der Waals surface area contributed by atoms with Crippen LogP contribution in [0.4, 0.5) is 0 Å². The van der Waals surface area contributed by atoms with Crippen molar-refractivity contribution in [1.82, 2.24) is 9.44 Å². The molecule has 0 aliphatic rings. The van der Waals surface area contributed by atoms with Crippen LogP contribution >= 0.6 is 11.6 Å². The lowest BCUT2D eigenvalue weighted by molar-refractivity contribution is 0.576. The molecule has 2 N–H and O–H groups in total. The highest BCUT2D eigenvalue weighted by Crippen LogP contribution is 2.22. The van der Waals surface area contributed by atoms with Crippen molar-refractivity contribution in [3.05, 3.63) is 28.8 Å². The lowest BCUT2D eigenvalue weighted by Gasteiger charge is -2.09. The third kappa shape index (κ3) is 5.26. The Bertz CT molecular complexity index is 754. The molecule has 0 amide bonds. The SMILES string of the molecule is CCNS(=O)(=O)CCNS(=O)(=O)c1cc(C#N)ccc1Cl. The molecule has 0 saturated carbocycles. The van der Waals surface area contributed by atoms with Gasteiger partial charge in [0.25, 0.3) is 0 Å². The van der Waals surface area contributed by atoms with Gasteiger partial charge in [0.1, 0.15) is 4.90 Å². The van der Waals surface area contributed by atoms with E-state index in [-0.39, 0.29) is 28.6 Å². The molecule has 0 saturated heterocycles. The molecule has 1 rings (SSSR count). The van der Waals surface area contributed by atoms with Gasteiger partial charge in [-0.2, -0.15) is 5.26 Å². The van der Waals surface area contributed by atoms with Crippen LogP contribution in [-0.2, 0) is 20.0 Å². The van der Waals surface area contributed by atoms with Gasteiger partial charge < -0.3 is 0 Å². The number of nitriles is 1. The third-order valence-electron chi connectivity index (χ3n) is 2.38. The summed E-state index contributed by atoms with van der Waals surface area (Å²) < 4.78 is 51.3. The van der Waals surface area contributed by atoms with Gasteiger partial charge in [0.15, 0.2) is 0 Å². The molecule has 0 fully saturated rings. The minimum absolute atomic E-state index is 0.0453. The summed E-state index contributed by atoms with van der Waals surface area (Å²) in [6.45, 7) is 1.55. The van der Waals surface area contributed by atoms with E-state index in [1.165, 1.54) is 12.1 Å². The van der Waals surface area contributed by atoms with Crippen LogP contribution in [0.25, 0.3) is 0 Å². The topological polar surface area (TPSA) is 116 Å². The van der Waals surface area contributed by atoms with Gasteiger partial charge in [-0.05, 0) is 18.2 Å². The van der Waals surface area contributed by atoms with Crippen LogP contribution in [0.3, 0.4) is 0 Å². The Morgan fingerprint density at radius 2 is 1.90 bits per heavy atom. The first-order chi connectivity index (χ1) is 9.72. The van der Waals surface area contributed by atoms with Gasteiger partial charge >= 0.3 is 0 Å².